The van der Waals surface area contributed by atoms with E-state index in [-0.39, 0.29) is 5.56 Å². The Hall–Kier alpha value is -2.83. The van der Waals surface area contributed by atoms with Crippen LogP contribution in [0.25, 0.3) is 10.9 Å². The van der Waals surface area contributed by atoms with Crippen LogP contribution in [0.3, 0.4) is 0 Å². The molecule has 26 heavy (non-hydrogen) atoms. The van der Waals surface area contributed by atoms with Gasteiger partial charge in [0.15, 0.2) is 0 Å². The lowest BCUT2D eigenvalue weighted by Crippen LogP contribution is -2.33. The fraction of sp³-hybridized carbons (Fsp3) is 0.421. The van der Waals surface area contributed by atoms with Gasteiger partial charge in [0.25, 0.3) is 0 Å². The van der Waals surface area contributed by atoms with Crippen molar-refractivity contribution in [1.82, 2.24) is 9.88 Å². The SMILES string of the molecule is Cn1cc(C(=O)O)c(=O)c2cc(CCCNC(=O)OC(C)(C)C)ccc21. The Labute approximate surface area is 151 Å². The van der Waals surface area contributed by atoms with Crippen molar-refractivity contribution in [3.63, 3.8) is 0 Å². The summed E-state index contributed by atoms with van der Waals surface area (Å²) in [6, 6.07) is 5.42. The van der Waals surface area contributed by atoms with E-state index in [1.165, 1.54) is 6.20 Å². The van der Waals surface area contributed by atoms with Crippen LogP contribution in [0.1, 0.15) is 43.1 Å². The number of benzene rings is 1. The largest absolute Gasteiger partial charge is 0.477 e. The van der Waals surface area contributed by atoms with E-state index in [2.05, 4.69) is 5.32 Å². The average molecular weight is 360 g/mol. The second-order valence-electron chi connectivity index (χ2n) is 7.17. The van der Waals surface area contributed by atoms with E-state index in [9.17, 15) is 14.4 Å². The molecule has 140 valence electrons. The Bertz CT molecular complexity index is 893. The first kappa shape index (κ1) is 19.5. The van der Waals surface area contributed by atoms with Gasteiger partial charge in [-0.25, -0.2) is 9.59 Å². The van der Waals surface area contributed by atoms with Gasteiger partial charge < -0.3 is 19.7 Å². The summed E-state index contributed by atoms with van der Waals surface area (Å²) >= 11 is 0. The average Bonchev–Trinajstić information content (AvgIpc) is 2.53. The molecule has 2 rings (SSSR count). The highest BCUT2D eigenvalue weighted by Gasteiger charge is 2.16. The Morgan fingerprint density at radius 1 is 1.27 bits per heavy atom. The molecule has 1 aromatic heterocycles. The molecule has 7 nitrogen and oxygen atoms in total. The number of alkyl carbamates (subject to hydrolysis) is 1. The van der Waals surface area contributed by atoms with Gasteiger partial charge in [0.1, 0.15) is 11.2 Å². The number of carboxylic acid groups (broad SMARTS) is 1. The number of carboxylic acids is 1. The predicted molar refractivity (Wildman–Crippen MR) is 98.7 cm³/mol. The number of aromatic carboxylic acids is 1. The maximum atomic E-state index is 12.4. The molecule has 2 aromatic rings. The molecule has 0 atom stereocenters. The zero-order valence-electron chi connectivity index (χ0n) is 15.5. The fourth-order valence-corrected chi connectivity index (χ4v) is 2.64. The lowest BCUT2D eigenvalue weighted by Gasteiger charge is -2.19. The van der Waals surface area contributed by atoms with Crippen LogP contribution in [-0.2, 0) is 18.2 Å². The standard InChI is InChI=1S/C19H24N2O5/c1-19(2,3)26-18(25)20-9-5-6-12-7-8-15-13(10-12)16(22)14(17(23)24)11-21(15)4/h7-8,10-11H,5-6,9H2,1-4H3,(H,20,25)(H,23,24). The molecule has 0 saturated heterocycles. The molecule has 0 aliphatic heterocycles. The number of amides is 1. The summed E-state index contributed by atoms with van der Waals surface area (Å²) in [5.41, 5.74) is 0.312. The molecule has 0 saturated carbocycles. The second-order valence-corrected chi connectivity index (χ2v) is 7.17. The maximum absolute atomic E-state index is 12.4. The van der Waals surface area contributed by atoms with E-state index in [0.717, 1.165) is 5.56 Å². The van der Waals surface area contributed by atoms with Crippen LogP contribution in [0, 0.1) is 0 Å². The van der Waals surface area contributed by atoms with Crippen LogP contribution in [0.5, 0.6) is 0 Å². The van der Waals surface area contributed by atoms with E-state index >= 15 is 0 Å². The quantitative estimate of drug-likeness (QED) is 0.799. The number of nitrogens with one attached hydrogen (secondary N) is 1. The van der Waals surface area contributed by atoms with Crippen molar-refractivity contribution >= 4 is 23.0 Å². The molecule has 0 unspecified atom stereocenters. The fourth-order valence-electron chi connectivity index (χ4n) is 2.64. The van der Waals surface area contributed by atoms with Crippen LogP contribution >= 0.6 is 0 Å². The van der Waals surface area contributed by atoms with Gasteiger partial charge in [-0.15, -0.1) is 0 Å². The van der Waals surface area contributed by atoms with Gasteiger partial charge in [-0.05, 0) is 51.3 Å². The third-order valence-electron chi connectivity index (χ3n) is 3.79. The number of rotatable bonds is 5. The van der Waals surface area contributed by atoms with E-state index in [4.69, 9.17) is 9.84 Å². The summed E-state index contributed by atoms with van der Waals surface area (Å²) in [6.07, 6.45) is 2.18. The molecule has 0 fully saturated rings. The topological polar surface area (TPSA) is 97.6 Å². The lowest BCUT2D eigenvalue weighted by atomic mass is 10.0. The monoisotopic (exact) mass is 360 g/mol. The van der Waals surface area contributed by atoms with Gasteiger partial charge in [0.05, 0.1) is 5.52 Å². The van der Waals surface area contributed by atoms with Gasteiger partial charge in [-0.2, -0.15) is 0 Å². The van der Waals surface area contributed by atoms with Crippen LogP contribution in [0.4, 0.5) is 4.79 Å². The summed E-state index contributed by atoms with van der Waals surface area (Å²) in [4.78, 5) is 35.2. The zero-order chi connectivity index (χ0) is 19.5. The van der Waals surface area contributed by atoms with Crippen LogP contribution in [-0.4, -0.2) is 33.9 Å². The predicted octanol–water partition coefficient (Wildman–Crippen LogP) is 2.69. The molecule has 0 spiro atoms. The summed E-state index contributed by atoms with van der Waals surface area (Å²) in [6.45, 7) is 5.84. The van der Waals surface area contributed by atoms with Crippen LogP contribution < -0.4 is 10.7 Å². The third kappa shape index (κ3) is 4.84. The highest BCUT2D eigenvalue weighted by atomic mass is 16.6. The Morgan fingerprint density at radius 2 is 1.96 bits per heavy atom. The van der Waals surface area contributed by atoms with Gasteiger partial charge in [-0.1, -0.05) is 6.07 Å². The maximum Gasteiger partial charge on any atom is 0.407 e. The first-order valence-corrected chi connectivity index (χ1v) is 8.41. The molecule has 1 heterocycles. The van der Waals surface area contributed by atoms with Crippen molar-refractivity contribution in [2.24, 2.45) is 7.05 Å². The Kier molecular flexibility index (Phi) is 5.69. The number of fused-ring (bicyclic) bond motifs is 1. The Balaban J connectivity index is 2.07. The molecule has 0 aliphatic rings. The highest BCUT2D eigenvalue weighted by molar-refractivity contribution is 5.92. The number of nitrogens with zero attached hydrogens (tertiary/aromatic N) is 1. The van der Waals surface area contributed by atoms with Gasteiger partial charge in [0.2, 0.25) is 5.43 Å². The number of aromatic nitrogens is 1. The van der Waals surface area contributed by atoms with Crippen molar-refractivity contribution in [3.8, 4) is 0 Å². The van der Waals surface area contributed by atoms with E-state index < -0.39 is 23.1 Å². The number of carbonyl (C=O) groups is 2. The van der Waals surface area contributed by atoms with Crippen molar-refractivity contribution in [1.29, 1.82) is 0 Å². The Morgan fingerprint density at radius 3 is 2.58 bits per heavy atom. The normalized spacial score (nSPS) is 11.4. The second kappa shape index (κ2) is 7.59. The summed E-state index contributed by atoms with van der Waals surface area (Å²) in [5.74, 6) is -1.24. The summed E-state index contributed by atoms with van der Waals surface area (Å²) < 4.78 is 6.80. The minimum absolute atomic E-state index is 0.247. The van der Waals surface area contributed by atoms with E-state index in [0.29, 0.717) is 30.3 Å². The molecular formula is C19H24N2O5. The van der Waals surface area contributed by atoms with Crippen LogP contribution in [0.2, 0.25) is 0 Å². The molecule has 0 aliphatic carbocycles. The number of carbonyl (C=O) groups excluding carboxylic acids is 1. The first-order valence-electron chi connectivity index (χ1n) is 8.41. The number of pyridine rings is 1. The molecule has 2 N–H and O–H groups in total. The number of ether oxygens (including phenoxy) is 1. The van der Waals surface area contributed by atoms with Gasteiger partial charge >= 0.3 is 12.1 Å². The molecule has 0 bridgehead atoms. The van der Waals surface area contributed by atoms with Crippen molar-refractivity contribution in [2.75, 3.05) is 6.54 Å². The molecule has 1 aromatic carbocycles. The highest BCUT2D eigenvalue weighted by Crippen LogP contribution is 2.15. The summed E-state index contributed by atoms with van der Waals surface area (Å²) in [5, 5.41) is 12.2. The lowest BCUT2D eigenvalue weighted by molar-refractivity contribution is 0.0526. The number of hydrogen-bond donors (Lipinski definition) is 2. The van der Waals surface area contributed by atoms with E-state index in [1.807, 2.05) is 6.07 Å². The van der Waals surface area contributed by atoms with Crippen molar-refractivity contribution in [3.05, 3.63) is 45.7 Å². The molecular weight excluding hydrogens is 336 g/mol. The molecule has 7 heteroatoms. The van der Waals surface area contributed by atoms with Gasteiger partial charge in [0, 0.05) is 25.2 Å². The van der Waals surface area contributed by atoms with Crippen molar-refractivity contribution < 1.29 is 19.4 Å². The minimum Gasteiger partial charge on any atom is -0.477 e. The molecule has 0 radical (unpaired) electrons. The van der Waals surface area contributed by atoms with Crippen molar-refractivity contribution in [2.45, 2.75) is 39.2 Å². The summed E-state index contributed by atoms with van der Waals surface area (Å²) in [7, 11) is 1.71. The smallest absolute Gasteiger partial charge is 0.407 e. The first-order chi connectivity index (χ1) is 12.1. The third-order valence-corrected chi connectivity index (χ3v) is 3.79. The number of aryl methyl sites for hydroxylation is 2. The number of hydrogen-bond acceptors (Lipinski definition) is 4. The van der Waals surface area contributed by atoms with Gasteiger partial charge in [-0.3, -0.25) is 4.79 Å². The van der Waals surface area contributed by atoms with Crippen LogP contribution in [0.15, 0.2) is 29.2 Å². The minimum atomic E-state index is -1.24. The van der Waals surface area contributed by atoms with E-state index in [1.54, 1.807) is 44.5 Å². The molecule has 1 amide bonds. The zero-order valence-corrected chi connectivity index (χ0v) is 15.5.